The van der Waals surface area contributed by atoms with Gasteiger partial charge in [-0.1, -0.05) is 95.0 Å². The number of rotatable bonds is 22. The van der Waals surface area contributed by atoms with Crippen LogP contribution < -0.4 is 13.8 Å². The van der Waals surface area contributed by atoms with E-state index in [-0.39, 0.29) is 19.0 Å². The van der Waals surface area contributed by atoms with E-state index in [2.05, 4.69) is 19.1 Å². The number of benzene rings is 2. The van der Waals surface area contributed by atoms with Crippen LogP contribution >= 0.6 is 7.82 Å². The molecule has 230 valence electrons. The lowest BCUT2D eigenvalue weighted by atomic mass is 10.0. The van der Waals surface area contributed by atoms with Crippen molar-refractivity contribution in [1.82, 2.24) is 0 Å². The van der Waals surface area contributed by atoms with Crippen molar-refractivity contribution in [2.75, 3.05) is 20.3 Å². The molecule has 1 heterocycles. The molecule has 0 spiro atoms. The lowest BCUT2D eigenvalue weighted by Crippen LogP contribution is -2.32. The first-order valence-electron chi connectivity index (χ1n) is 15.4. The van der Waals surface area contributed by atoms with Gasteiger partial charge in [0.05, 0.1) is 6.61 Å². The van der Waals surface area contributed by atoms with E-state index in [4.69, 9.17) is 18.5 Å². The molecule has 0 fully saturated rings. The van der Waals surface area contributed by atoms with Crippen molar-refractivity contribution in [3.63, 3.8) is 0 Å². The van der Waals surface area contributed by atoms with Crippen LogP contribution in [0.2, 0.25) is 0 Å². The summed E-state index contributed by atoms with van der Waals surface area (Å²) in [5.74, 6) is 1.01. The maximum absolute atomic E-state index is 12.6. The van der Waals surface area contributed by atoms with Gasteiger partial charge in [-0.15, -0.1) is 0 Å². The molecule has 3 aromatic rings. The third-order valence-corrected chi connectivity index (χ3v) is 8.09. The Morgan fingerprint density at radius 2 is 1.38 bits per heavy atom. The molecule has 7 nitrogen and oxygen atoms in total. The zero-order valence-electron chi connectivity index (χ0n) is 25.4. The van der Waals surface area contributed by atoms with Crippen LogP contribution in [-0.4, -0.2) is 31.3 Å². The van der Waals surface area contributed by atoms with Gasteiger partial charge in [0.25, 0.3) is 0 Å². The van der Waals surface area contributed by atoms with Gasteiger partial charge in [-0.25, -0.2) is 9.13 Å². The fourth-order valence-corrected chi connectivity index (χ4v) is 5.56. The second kappa shape index (κ2) is 19.5. The van der Waals surface area contributed by atoms with E-state index in [1.165, 1.54) is 76.9 Å². The van der Waals surface area contributed by atoms with Gasteiger partial charge < -0.3 is 14.0 Å². The highest BCUT2D eigenvalue weighted by Crippen LogP contribution is 2.44. The number of methoxy groups -OCH3 is 1. The average molecular weight is 599 g/mol. The van der Waals surface area contributed by atoms with Crippen molar-refractivity contribution in [1.29, 1.82) is 0 Å². The number of aryl methyl sites for hydroxylation is 1. The number of pyridine rings is 1. The van der Waals surface area contributed by atoms with Gasteiger partial charge in [-0.2, -0.15) is 0 Å². The Balaban J connectivity index is 1.36. The molecule has 0 aliphatic rings. The molecule has 8 heteroatoms. The molecular formula is C34H49NO6P+. The summed E-state index contributed by atoms with van der Waals surface area (Å²) >= 11 is 0. The fourth-order valence-electron chi connectivity index (χ4n) is 4.77. The minimum absolute atomic E-state index is 0.151. The van der Waals surface area contributed by atoms with Gasteiger partial charge in [0.1, 0.15) is 24.2 Å². The van der Waals surface area contributed by atoms with E-state index in [1.54, 1.807) is 18.2 Å². The molecule has 1 N–H and O–H groups in total. The van der Waals surface area contributed by atoms with Gasteiger partial charge >= 0.3 is 7.82 Å². The highest BCUT2D eigenvalue weighted by molar-refractivity contribution is 7.47. The molecule has 3 rings (SSSR count). The molecular weight excluding hydrogens is 549 g/mol. The van der Waals surface area contributed by atoms with E-state index in [9.17, 15) is 9.46 Å². The van der Waals surface area contributed by atoms with Crippen LogP contribution in [0.25, 0.3) is 0 Å². The van der Waals surface area contributed by atoms with Crippen LogP contribution in [0.15, 0.2) is 79.1 Å². The van der Waals surface area contributed by atoms with Crippen molar-refractivity contribution in [3.05, 3.63) is 90.3 Å². The maximum Gasteiger partial charge on any atom is 0.527 e. The second-order valence-corrected chi connectivity index (χ2v) is 12.2. The fraction of sp³-hybridized carbons (Fsp3) is 0.500. The number of phosphoric ester groups is 1. The molecule has 0 bridgehead atoms. The summed E-state index contributed by atoms with van der Waals surface area (Å²) in [6.07, 6.45) is 17.6. The lowest BCUT2D eigenvalue weighted by molar-refractivity contribution is -0.688. The molecule has 2 aromatic carbocycles. The second-order valence-electron chi connectivity index (χ2n) is 10.8. The van der Waals surface area contributed by atoms with Gasteiger partial charge in [0.15, 0.2) is 18.9 Å². The smallest absolute Gasteiger partial charge is 0.491 e. The minimum Gasteiger partial charge on any atom is -0.491 e. The summed E-state index contributed by atoms with van der Waals surface area (Å²) < 4.78 is 36.6. The molecule has 0 saturated carbocycles. The van der Waals surface area contributed by atoms with Crippen LogP contribution in [0.1, 0.15) is 82.3 Å². The standard InChI is InChI=1S/C34H48NO6P/c1-3-4-5-6-7-8-9-10-11-13-18-30-19-16-21-32(25-30)39-28-34(38-2)29-40-42(36,37)41-33-22-17-20-31(26-33)27-35-23-14-12-15-24-35/h12,14-17,19-26,34H,3-11,13,18,27-29H2,1-2H3/p+1. The predicted molar refractivity (Wildman–Crippen MR) is 167 cm³/mol. The van der Waals surface area contributed by atoms with Crippen molar-refractivity contribution in [2.45, 2.75) is 90.2 Å². The van der Waals surface area contributed by atoms with Crippen LogP contribution in [0.4, 0.5) is 0 Å². The Kier molecular flexibility index (Phi) is 15.7. The van der Waals surface area contributed by atoms with Crippen molar-refractivity contribution in [2.24, 2.45) is 0 Å². The SMILES string of the molecule is CCCCCCCCCCCCc1cccc(OCC(COP(=O)(O)Oc2cccc(C[n+]3ccccc3)c2)OC)c1. The molecule has 42 heavy (non-hydrogen) atoms. The summed E-state index contributed by atoms with van der Waals surface area (Å²) in [6, 6.07) is 21.0. The van der Waals surface area contributed by atoms with Crippen molar-refractivity contribution < 1.29 is 32.5 Å². The van der Waals surface area contributed by atoms with Gasteiger partial charge in [-0.05, 0) is 42.7 Å². The van der Waals surface area contributed by atoms with Crippen LogP contribution in [-0.2, 0) is 26.8 Å². The van der Waals surface area contributed by atoms with E-state index in [1.807, 2.05) is 53.4 Å². The molecule has 0 aliphatic carbocycles. The highest BCUT2D eigenvalue weighted by Gasteiger charge is 2.26. The predicted octanol–water partition coefficient (Wildman–Crippen LogP) is 8.08. The van der Waals surface area contributed by atoms with Gasteiger partial charge in [0.2, 0.25) is 0 Å². The Labute approximate surface area is 252 Å². The largest absolute Gasteiger partial charge is 0.527 e. The molecule has 0 radical (unpaired) electrons. The zero-order valence-corrected chi connectivity index (χ0v) is 26.3. The van der Waals surface area contributed by atoms with E-state index >= 15 is 0 Å². The van der Waals surface area contributed by atoms with E-state index in [0.29, 0.717) is 6.54 Å². The number of unbranched alkanes of at least 4 members (excludes halogenated alkanes) is 9. The van der Waals surface area contributed by atoms with Gasteiger partial charge in [-0.3, -0.25) is 9.42 Å². The Hall–Kier alpha value is -2.70. The van der Waals surface area contributed by atoms with Crippen molar-refractivity contribution in [3.8, 4) is 11.5 Å². The first kappa shape index (κ1) is 33.8. The number of hydrogen-bond acceptors (Lipinski definition) is 5. The summed E-state index contributed by atoms with van der Waals surface area (Å²) in [6.45, 7) is 2.90. The third-order valence-electron chi connectivity index (χ3n) is 7.17. The number of nitrogens with zero attached hydrogens (tertiary/aromatic N) is 1. The monoisotopic (exact) mass is 598 g/mol. The topological polar surface area (TPSA) is 78.1 Å². The zero-order chi connectivity index (χ0) is 29.9. The summed E-state index contributed by atoms with van der Waals surface area (Å²) in [5.41, 5.74) is 2.18. The Morgan fingerprint density at radius 3 is 2.07 bits per heavy atom. The number of ether oxygens (including phenoxy) is 2. The van der Waals surface area contributed by atoms with Crippen molar-refractivity contribution >= 4 is 7.82 Å². The quantitative estimate of drug-likeness (QED) is 0.0716. The Bertz CT molecular complexity index is 1190. The molecule has 0 aliphatic heterocycles. The molecule has 0 amide bonds. The Morgan fingerprint density at radius 1 is 0.762 bits per heavy atom. The van der Waals surface area contributed by atoms with Gasteiger partial charge in [0, 0.05) is 24.8 Å². The first-order valence-corrected chi connectivity index (χ1v) is 16.9. The average Bonchev–Trinajstić information content (AvgIpc) is 2.99. The van der Waals surface area contributed by atoms with E-state index < -0.39 is 13.9 Å². The number of hydrogen-bond donors (Lipinski definition) is 1. The summed E-state index contributed by atoms with van der Waals surface area (Å²) in [7, 11) is -2.84. The first-order chi connectivity index (χ1) is 20.5. The summed E-state index contributed by atoms with van der Waals surface area (Å²) in [5, 5.41) is 0. The van der Waals surface area contributed by atoms with E-state index in [0.717, 1.165) is 17.7 Å². The van der Waals surface area contributed by atoms with Crippen LogP contribution in [0.5, 0.6) is 11.5 Å². The third kappa shape index (κ3) is 14.0. The minimum atomic E-state index is -4.36. The molecule has 2 unspecified atom stereocenters. The maximum atomic E-state index is 12.6. The molecule has 0 saturated heterocycles. The molecule has 1 aromatic heterocycles. The summed E-state index contributed by atoms with van der Waals surface area (Å²) in [4.78, 5) is 10.3. The van der Waals surface area contributed by atoms with Crippen LogP contribution in [0.3, 0.4) is 0 Å². The lowest BCUT2D eigenvalue weighted by Gasteiger charge is -2.19. The molecule has 2 atom stereocenters. The highest BCUT2D eigenvalue weighted by atomic mass is 31.2. The number of phosphoric acid groups is 1. The normalized spacial score (nSPS) is 13.4. The van der Waals surface area contributed by atoms with Crippen LogP contribution in [0, 0.1) is 0 Å². The number of aromatic nitrogens is 1.